The van der Waals surface area contributed by atoms with Gasteiger partial charge in [0.25, 0.3) is 5.56 Å². The van der Waals surface area contributed by atoms with E-state index in [1.165, 1.54) is 18.0 Å². The van der Waals surface area contributed by atoms with Gasteiger partial charge >= 0.3 is 0 Å². The number of halogens is 2. The van der Waals surface area contributed by atoms with Gasteiger partial charge in [-0.25, -0.2) is 4.98 Å². The number of aromatic nitrogens is 2. The van der Waals surface area contributed by atoms with Gasteiger partial charge in [0.05, 0.1) is 35.9 Å². The average Bonchev–Trinajstić information content (AvgIpc) is 3.28. The highest BCUT2D eigenvalue weighted by molar-refractivity contribution is 6.32. The quantitative estimate of drug-likeness (QED) is 0.248. The van der Waals surface area contributed by atoms with E-state index < -0.39 is 0 Å². The molecule has 0 fully saturated rings. The molecule has 0 bridgehead atoms. The lowest BCUT2D eigenvalue weighted by atomic mass is 10.2. The third-order valence-corrected chi connectivity index (χ3v) is 5.83. The Hall–Kier alpha value is -3.81. The van der Waals surface area contributed by atoms with E-state index in [0.29, 0.717) is 56.0 Å². The highest BCUT2D eigenvalue weighted by Crippen LogP contribution is 2.36. The summed E-state index contributed by atoms with van der Waals surface area (Å²) < 4.78 is 18.2. The molecular formula is C26H19Cl2N3O4. The van der Waals surface area contributed by atoms with Crippen molar-refractivity contribution in [1.29, 1.82) is 0 Å². The van der Waals surface area contributed by atoms with Crippen LogP contribution in [0.15, 0.2) is 75.0 Å². The van der Waals surface area contributed by atoms with Crippen LogP contribution in [0.4, 0.5) is 0 Å². The molecule has 0 saturated carbocycles. The zero-order valence-electron chi connectivity index (χ0n) is 18.8. The van der Waals surface area contributed by atoms with Crippen LogP contribution in [-0.4, -0.2) is 29.6 Å². The lowest BCUT2D eigenvalue weighted by Gasteiger charge is -2.12. The van der Waals surface area contributed by atoms with Gasteiger partial charge in [0.1, 0.15) is 5.58 Å². The molecule has 0 aliphatic rings. The van der Waals surface area contributed by atoms with Crippen LogP contribution in [0.25, 0.3) is 33.5 Å². The monoisotopic (exact) mass is 507 g/mol. The number of ether oxygens (including phenoxy) is 2. The second kappa shape index (κ2) is 9.44. The van der Waals surface area contributed by atoms with Crippen LogP contribution in [0.1, 0.15) is 12.5 Å². The molecule has 5 rings (SSSR count). The normalized spacial score (nSPS) is 11.5. The van der Waals surface area contributed by atoms with E-state index in [1.807, 2.05) is 13.0 Å². The number of nitrogens with zero attached hydrogens (tertiary/aromatic N) is 3. The Kier molecular flexibility index (Phi) is 6.19. The van der Waals surface area contributed by atoms with Crippen molar-refractivity contribution in [3.05, 3.63) is 86.6 Å². The topological polar surface area (TPSA) is 78.9 Å². The summed E-state index contributed by atoms with van der Waals surface area (Å²) in [6, 6.07) is 17.5. The van der Waals surface area contributed by atoms with Gasteiger partial charge in [0.15, 0.2) is 17.3 Å². The number of rotatable bonds is 6. The van der Waals surface area contributed by atoms with E-state index in [1.54, 1.807) is 54.6 Å². The standard InChI is InChI=1S/C26H19Cl2N3O4/c1-3-34-24-19(28)10-15(11-22(24)33-2)14-29-31-25(30-20-7-5-4-6-18(20)26(31)32)23-13-16-12-17(27)8-9-21(16)35-23/h4-14H,3H2,1-2H3. The second-order valence-electron chi connectivity index (χ2n) is 7.57. The Balaban J connectivity index is 1.68. The number of fused-ring (bicyclic) bond motifs is 2. The number of methoxy groups -OCH3 is 1. The summed E-state index contributed by atoms with van der Waals surface area (Å²) in [6.45, 7) is 2.30. The first-order chi connectivity index (χ1) is 17.0. The summed E-state index contributed by atoms with van der Waals surface area (Å²) in [5.74, 6) is 1.53. The van der Waals surface area contributed by atoms with E-state index >= 15 is 0 Å². The Labute approximate surface area is 210 Å². The minimum absolute atomic E-state index is 0.251. The van der Waals surface area contributed by atoms with Crippen molar-refractivity contribution < 1.29 is 13.9 Å². The smallest absolute Gasteiger partial charge is 0.282 e. The summed E-state index contributed by atoms with van der Waals surface area (Å²) in [7, 11) is 1.53. The lowest BCUT2D eigenvalue weighted by molar-refractivity contribution is 0.311. The Morgan fingerprint density at radius 1 is 1.11 bits per heavy atom. The van der Waals surface area contributed by atoms with Crippen molar-refractivity contribution in [3.8, 4) is 23.1 Å². The zero-order chi connectivity index (χ0) is 24.5. The molecule has 0 aliphatic heterocycles. The van der Waals surface area contributed by atoms with Gasteiger partial charge in [-0.3, -0.25) is 4.79 Å². The Morgan fingerprint density at radius 3 is 2.74 bits per heavy atom. The van der Waals surface area contributed by atoms with Crippen LogP contribution in [0.2, 0.25) is 10.0 Å². The van der Waals surface area contributed by atoms with Gasteiger partial charge in [-0.15, -0.1) is 0 Å². The summed E-state index contributed by atoms with van der Waals surface area (Å²) in [6.07, 6.45) is 1.50. The largest absolute Gasteiger partial charge is 0.493 e. The van der Waals surface area contributed by atoms with Gasteiger partial charge in [-0.2, -0.15) is 9.78 Å². The van der Waals surface area contributed by atoms with Crippen molar-refractivity contribution in [2.75, 3.05) is 13.7 Å². The minimum Gasteiger partial charge on any atom is -0.493 e. The third-order valence-electron chi connectivity index (χ3n) is 5.32. The molecule has 0 unspecified atom stereocenters. The SMILES string of the molecule is CCOc1c(Cl)cc(C=Nn2c(-c3cc4cc(Cl)ccc4o3)nc3ccccc3c2=O)cc1OC. The van der Waals surface area contributed by atoms with Crippen LogP contribution < -0.4 is 15.0 Å². The summed E-state index contributed by atoms with van der Waals surface area (Å²) in [5, 5.41) is 6.61. The molecule has 0 aliphatic carbocycles. The van der Waals surface area contributed by atoms with Crippen molar-refractivity contribution in [1.82, 2.24) is 9.66 Å². The predicted octanol–water partition coefficient (Wildman–Crippen LogP) is 6.41. The van der Waals surface area contributed by atoms with Crippen LogP contribution in [0.3, 0.4) is 0 Å². The van der Waals surface area contributed by atoms with E-state index in [9.17, 15) is 4.79 Å². The fraction of sp³-hybridized carbons (Fsp3) is 0.115. The van der Waals surface area contributed by atoms with Crippen molar-refractivity contribution in [2.24, 2.45) is 5.10 Å². The lowest BCUT2D eigenvalue weighted by Crippen LogP contribution is -2.20. The molecule has 9 heteroatoms. The number of para-hydroxylation sites is 1. The number of hydrogen-bond acceptors (Lipinski definition) is 6. The second-order valence-corrected chi connectivity index (χ2v) is 8.42. The molecule has 176 valence electrons. The van der Waals surface area contributed by atoms with E-state index in [-0.39, 0.29) is 11.4 Å². The predicted molar refractivity (Wildman–Crippen MR) is 138 cm³/mol. The average molecular weight is 508 g/mol. The number of furan rings is 1. The van der Waals surface area contributed by atoms with Crippen molar-refractivity contribution in [2.45, 2.75) is 6.92 Å². The van der Waals surface area contributed by atoms with E-state index in [0.717, 1.165) is 5.39 Å². The maximum atomic E-state index is 13.4. The molecule has 2 aromatic heterocycles. The molecule has 0 amide bonds. The number of hydrogen-bond donors (Lipinski definition) is 0. The molecule has 0 spiro atoms. The highest BCUT2D eigenvalue weighted by Gasteiger charge is 2.17. The van der Waals surface area contributed by atoms with Crippen LogP contribution in [0, 0.1) is 0 Å². The van der Waals surface area contributed by atoms with Crippen molar-refractivity contribution >= 4 is 51.3 Å². The third kappa shape index (κ3) is 4.36. The molecule has 0 atom stereocenters. The molecular weight excluding hydrogens is 489 g/mol. The molecule has 7 nitrogen and oxygen atoms in total. The Morgan fingerprint density at radius 2 is 1.94 bits per heavy atom. The van der Waals surface area contributed by atoms with E-state index in [4.69, 9.17) is 37.1 Å². The molecule has 0 saturated heterocycles. The fourth-order valence-electron chi connectivity index (χ4n) is 3.74. The van der Waals surface area contributed by atoms with Crippen LogP contribution in [-0.2, 0) is 0 Å². The van der Waals surface area contributed by atoms with Crippen LogP contribution in [0.5, 0.6) is 11.5 Å². The summed E-state index contributed by atoms with van der Waals surface area (Å²) >= 11 is 12.5. The van der Waals surface area contributed by atoms with Gasteiger partial charge in [0, 0.05) is 10.4 Å². The zero-order valence-corrected chi connectivity index (χ0v) is 20.3. The van der Waals surface area contributed by atoms with Gasteiger partial charge < -0.3 is 13.9 Å². The first-order valence-electron chi connectivity index (χ1n) is 10.7. The molecule has 5 aromatic rings. The maximum Gasteiger partial charge on any atom is 0.282 e. The van der Waals surface area contributed by atoms with Crippen molar-refractivity contribution in [3.63, 3.8) is 0 Å². The number of benzene rings is 3. The van der Waals surface area contributed by atoms with Gasteiger partial charge in [0.2, 0.25) is 5.82 Å². The first-order valence-corrected chi connectivity index (χ1v) is 11.5. The fourth-order valence-corrected chi connectivity index (χ4v) is 4.19. The van der Waals surface area contributed by atoms with Gasteiger partial charge in [-0.1, -0.05) is 35.3 Å². The van der Waals surface area contributed by atoms with E-state index in [2.05, 4.69) is 10.1 Å². The molecule has 3 aromatic carbocycles. The summed E-state index contributed by atoms with van der Waals surface area (Å²) in [4.78, 5) is 18.1. The van der Waals surface area contributed by atoms with Crippen LogP contribution >= 0.6 is 23.2 Å². The molecule has 0 radical (unpaired) electrons. The molecule has 2 heterocycles. The Bertz CT molecular complexity index is 1660. The maximum absolute atomic E-state index is 13.4. The van der Waals surface area contributed by atoms with Gasteiger partial charge in [-0.05, 0) is 61.0 Å². The molecule has 35 heavy (non-hydrogen) atoms. The first kappa shape index (κ1) is 23.0. The summed E-state index contributed by atoms with van der Waals surface area (Å²) in [5.41, 5.74) is 1.41. The highest BCUT2D eigenvalue weighted by atomic mass is 35.5. The molecule has 0 N–H and O–H groups in total. The minimum atomic E-state index is -0.343.